The van der Waals surface area contributed by atoms with Crippen LogP contribution >= 0.6 is 11.6 Å². The van der Waals surface area contributed by atoms with Crippen molar-refractivity contribution < 1.29 is 8.83 Å². The lowest BCUT2D eigenvalue weighted by molar-refractivity contribution is 0.570. The van der Waals surface area contributed by atoms with Gasteiger partial charge in [0.25, 0.3) is 0 Å². The molecule has 0 amide bonds. The van der Waals surface area contributed by atoms with E-state index in [2.05, 4.69) is 4.98 Å². The van der Waals surface area contributed by atoms with Crippen LogP contribution in [0.25, 0.3) is 34.6 Å². The highest BCUT2D eigenvalue weighted by Crippen LogP contribution is 2.29. The average molecular weight is 322 g/mol. The molecule has 0 spiro atoms. The summed E-state index contributed by atoms with van der Waals surface area (Å²) in [6, 6.07) is 19.0. The molecule has 0 radical (unpaired) electrons. The number of rotatable bonds is 3. The summed E-state index contributed by atoms with van der Waals surface area (Å²) in [7, 11) is 0. The van der Waals surface area contributed by atoms with E-state index in [4.69, 9.17) is 20.4 Å². The first-order valence-electron chi connectivity index (χ1n) is 7.18. The maximum Gasteiger partial charge on any atom is 0.220 e. The molecule has 23 heavy (non-hydrogen) atoms. The molecule has 112 valence electrons. The van der Waals surface area contributed by atoms with E-state index in [0.717, 1.165) is 22.4 Å². The highest BCUT2D eigenvalue weighted by atomic mass is 35.5. The molecule has 4 heteroatoms. The Morgan fingerprint density at radius 1 is 0.826 bits per heavy atom. The summed E-state index contributed by atoms with van der Waals surface area (Å²) < 4.78 is 11.4. The maximum absolute atomic E-state index is 6.18. The van der Waals surface area contributed by atoms with Gasteiger partial charge in [0.05, 0.1) is 5.02 Å². The van der Waals surface area contributed by atoms with Crippen LogP contribution in [-0.4, -0.2) is 4.98 Å². The minimum Gasteiger partial charge on any atom is -0.457 e. The molecule has 0 saturated heterocycles. The molecule has 0 aliphatic carbocycles. The largest absolute Gasteiger partial charge is 0.457 e. The summed E-state index contributed by atoms with van der Waals surface area (Å²) in [4.78, 5) is 4.39. The normalized spacial score (nSPS) is 11.5. The van der Waals surface area contributed by atoms with Crippen molar-refractivity contribution in [1.82, 2.24) is 4.98 Å². The van der Waals surface area contributed by atoms with Crippen LogP contribution in [-0.2, 0) is 0 Å². The molecule has 0 aliphatic rings. The summed E-state index contributed by atoms with van der Waals surface area (Å²) in [5, 5.41) is 0.663. The minimum atomic E-state index is 0.543. The van der Waals surface area contributed by atoms with Crippen LogP contribution in [0.5, 0.6) is 0 Å². The lowest BCUT2D eigenvalue weighted by Crippen LogP contribution is -1.74. The third-order valence-electron chi connectivity index (χ3n) is 3.47. The van der Waals surface area contributed by atoms with E-state index in [-0.39, 0.29) is 0 Å². The van der Waals surface area contributed by atoms with E-state index in [0.29, 0.717) is 16.7 Å². The number of hydrogen-bond acceptors (Lipinski definition) is 3. The second-order valence-electron chi connectivity index (χ2n) is 5.04. The number of furan rings is 1. The number of aromatic nitrogens is 1. The summed E-state index contributed by atoms with van der Waals surface area (Å²) in [6.45, 7) is 0. The molecule has 2 aromatic carbocycles. The summed E-state index contributed by atoms with van der Waals surface area (Å²) >= 11 is 6.18. The molecule has 0 unspecified atom stereocenters. The molecule has 0 N–H and O–H groups in total. The van der Waals surface area contributed by atoms with Gasteiger partial charge >= 0.3 is 0 Å². The number of hydrogen-bond donors (Lipinski definition) is 0. The van der Waals surface area contributed by atoms with E-state index >= 15 is 0 Å². The van der Waals surface area contributed by atoms with Crippen molar-refractivity contribution >= 4 is 34.9 Å². The Morgan fingerprint density at radius 3 is 2.52 bits per heavy atom. The fraction of sp³-hybridized carbons (Fsp3) is 0. The second kappa shape index (κ2) is 5.78. The molecule has 0 bridgehead atoms. The van der Waals surface area contributed by atoms with E-state index < -0.39 is 0 Å². The topological polar surface area (TPSA) is 39.2 Å². The molecule has 0 saturated carbocycles. The number of fused-ring (bicyclic) bond motifs is 1. The van der Waals surface area contributed by atoms with E-state index in [1.165, 1.54) is 0 Å². The Hall–Kier alpha value is -2.78. The van der Waals surface area contributed by atoms with Gasteiger partial charge in [-0.2, -0.15) is 0 Å². The number of halogens is 1. The fourth-order valence-electron chi connectivity index (χ4n) is 2.36. The number of benzene rings is 2. The Bertz CT molecular complexity index is 964. The summed E-state index contributed by atoms with van der Waals surface area (Å²) in [6.07, 6.45) is 3.61. The number of nitrogens with zero attached hydrogens (tertiary/aromatic N) is 1. The fourth-order valence-corrected chi connectivity index (χ4v) is 2.59. The van der Waals surface area contributed by atoms with Crippen LogP contribution in [0.3, 0.4) is 0 Å². The standard InChI is InChI=1S/C19H12ClNO2/c20-15-6-2-1-5-14(15)17-11-9-13(22-17)10-12-19-21-16-7-3-4-8-18(16)23-19/h1-12H. The van der Waals surface area contributed by atoms with Gasteiger partial charge in [0.2, 0.25) is 5.89 Å². The number of oxazole rings is 1. The zero-order chi connectivity index (χ0) is 15.6. The van der Waals surface area contributed by atoms with E-state index in [9.17, 15) is 0 Å². The molecular weight excluding hydrogens is 310 g/mol. The van der Waals surface area contributed by atoms with Crippen molar-refractivity contribution in [2.45, 2.75) is 0 Å². The van der Waals surface area contributed by atoms with Crippen molar-refractivity contribution in [3.05, 3.63) is 77.3 Å². The van der Waals surface area contributed by atoms with Gasteiger partial charge in [-0.25, -0.2) is 4.98 Å². The third kappa shape index (κ3) is 2.79. The Morgan fingerprint density at radius 2 is 1.65 bits per heavy atom. The quantitative estimate of drug-likeness (QED) is 0.470. The minimum absolute atomic E-state index is 0.543. The molecule has 0 fully saturated rings. The predicted octanol–water partition coefficient (Wildman–Crippen LogP) is 5.91. The molecule has 2 heterocycles. The van der Waals surface area contributed by atoms with Crippen LogP contribution in [0, 0.1) is 0 Å². The molecule has 0 atom stereocenters. The lowest BCUT2D eigenvalue weighted by atomic mass is 10.2. The highest BCUT2D eigenvalue weighted by molar-refractivity contribution is 6.33. The van der Waals surface area contributed by atoms with Gasteiger partial charge in [-0.1, -0.05) is 35.9 Å². The van der Waals surface area contributed by atoms with Crippen LogP contribution in [0.15, 0.2) is 69.5 Å². The molecule has 2 aromatic heterocycles. The van der Waals surface area contributed by atoms with Gasteiger partial charge < -0.3 is 8.83 Å². The van der Waals surface area contributed by atoms with Gasteiger partial charge in [-0.05, 0) is 42.5 Å². The molecule has 4 aromatic rings. The van der Waals surface area contributed by atoms with Crippen LogP contribution in [0.2, 0.25) is 5.02 Å². The summed E-state index contributed by atoms with van der Waals surface area (Å²) in [5.41, 5.74) is 2.47. The Balaban J connectivity index is 1.61. The first-order valence-corrected chi connectivity index (χ1v) is 7.56. The van der Waals surface area contributed by atoms with Gasteiger partial charge in [-0.15, -0.1) is 0 Å². The van der Waals surface area contributed by atoms with Gasteiger partial charge in [0.1, 0.15) is 17.0 Å². The SMILES string of the molecule is Clc1ccccc1-c1ccc(C=Cc2nc3ccccc3o2)o1. The average Bonchev–Trinajstić information content (AvgIpc) is 3.19. The van der Waals surface area contributed by atoms with Crippen molar-refractivity contribution in [2.24, 2.45) is 0 Å². The van der Waals surface area contributed by atoms with Crippen LogP contribution in [0.4, 0.5) is 0 Å². The van der Waals surface area contributed by atoms with Gasteiger partial charge in [0.15, 0.2) is 5.58 Å². The van der Waals surface area contributed by atoms with Crippen molar-refractivity contribution in [1.29, 1.82) is 0 Å². The van der Waals surface area contributed by atoms with Crippen LogP contribution < -0.4 is 0 Å². The Kier molecular flexibility index (Phi) is 3.48. The van der Waals surface area contributed by atoms with Crippen molar-refractivity contribution in [3.8, 4) is 11.3 Å². The molecule has 4 rings (SSSR count). The first kappa shape index (κ1) is 13.9. The highest BCUT2D eigenvalue weighted by Gasteiger charge is 2.07. The maximum atomic E-state index is 6.18. The molecule has 3 nitrogen and oxygen atoms in total. The third-order valence-corrected chi connectivity index (χ3v) is 3.80. The Labute approximate surface area is 137 Å². The van der Waals surface area contributed by atoms with E-state index in [1.807, 2.05) is 66.7 Å². The summed E-state index contributed by atoms with van der Waals surface area (Å²) in [5.74, 6) is 1.98. The number of para-hydroxylation sites is 2. The van der Waals surface area contributed by atoms with E-state index in [1.54, 1.807) is 6.08 Å². The van der Waals surface area contributed by atoms with Crippen LogP contribution in [0.1, 0.15) is 11.7 Å². The second-order valence-corrected chi connectivity index (χ2v) is 5.44. The van der Waals surface area contributed by atoms with Gasteiger partial charge in [0, 0.05) is 11.6 Å². The molecular formula is C19H12ClNO2. The first-order chi connectivity index (χ1) is 11.3. The monoisotopic (exact) mass is 321 g/mol. The van der Waals surface area contributed by atoms with Gasteiger partial charge in [-0.3, -0.25) is 0 Å². The zero-order valence-electron chi connectivity index (χ0n) is 12.1. The lowest BCUT2D eigenvalue weighted by Gasteiger charge is -1.98. The molecule has 0 aliphatic heterocycles. The van der Waals surface area contributed by atoms with Crippen molar-refractivity contribution in [2.75, 3.05) is 0 Å². The van der Waals surface area contributed by atoms with Crippen molar-refractivity contribution in [3.63, 3.8) is 0 Å². The zero-order valence-corrected chi connectivity index (χ0v) is 12.8. The smallest absolute Gasteiger partial charge is 0.220 e. The predicted molar refractivity (Wildman–Crippen MR) is 92.1 cm³/mol.